The van der Waals surface area contributed by atoms with Gasteiger partial charge in [-0.3, -0.25) is 9.78 Å². The molecule has 132 valence electrons. The lowest BCUT2D eigenvalue weighted by molar-refractivity contribution is -0.116. The highest BCUT2D eigenvalue weighted by Gasteiger charge is 2.11. The highest BCUT2D eigenvalue weighted by atomic mass is 16.5. The Morgan fingerprint density at radius 1 is 1.12 bits per heavy atom. The number of nitrogens with one attached hydrogen (secondary N) is 2. The Morgan fingerprint density at radius 3 is 2.65 bits per heavy atom. The normalized spacial score (nSPS) is 10.3. The van der Waals surface area contributed by atoms with E-state index in [2.05, 4.69) is 25.8 Å². The number of aromatic nitrogens is 3. The van der Waals surface area contributed by atoms with E-state index in [1.807, 2.05) is 6.07 Å². The largest absolute Gasteiger partial charge is 0.351 e. The summed E-state index contributed by atoms with van der Waals surface area (Å²) < 4.78 is 5.15. The highest BCUT2D eigenvalue weighted by Crippen LogP contribution is 2.16. The SMILES string of the molecule is NC(=O)Nc1cccc(NC(=O)CCc2nc(-c3cccnc3)no2)c1. The van der Waals surface area contributed by atoms with E-state index < -0.39 is 6.03 Å². The second kappa shape index (κ2) is 7.88. The molecule has 0 unspecified atom stereocenters. The van der Waals surface area contributed by atoms with Crippen LogP contribution in [0.2, 0.25) is 0 Å². The number of nitrogens with two attached hydrogens (primary N) is 1. The van der Waals surface area contributed by atoms with Gasteiger partial charge in [-0.1, -0.05) is 11.2 Å². The van der Waals surface area contributed by atoms with E-state index >= 15 is 0 Å². The minimum Gasteiger partial charge on any atom is -0.351 e. The lowest BCUT2D eigenvalue weighted by Gasteiger charge is -2.07. The number of rotatable bonds is 6. The zero-order valence-corrected chi connectivity index (χ0v) is 13.7. The first-order chi connectivity index (χ1) is 12.6. The Balaban J connectivity index is 1.55. The zero-order chi connectivity index (χ0) is 18.4. The first-order valence-electron chi connectivity index (χ1n) is 7.79. The molecule has 26 heavy (non-hydrogen) atoms. The summed E-state index contributed by atoms with van der Waals surface area (Å²) in [6, 6.07) is 9.60. The van der Waals surface area contributed by atoms with E-state index in [4.69, 9.17) is 10.3 Å². The van der Waals surface area contributed by atoms with Gasteiger partial charge >= 0.3 is 6.03 Å². The topological polar surface area (TPSA) is 136 Å². The number of pyridine rings is 1. The third-order valence-corrected chi connectivity index (χ3v) is 3.37. The summed E-state index contributed by atoms with van der Waals surface area (Å²) in [7, 11) is 0. The van der Waals surface area contributed by atoms with Crippen LogP contribution in [0.4, 0.5) is 16.2 Å². The summed E-state index contributed by atoms with van der Waals surface area (Å²) in [5, 5.41) is 9.05. The van der Waals surface area contributed by atoms with Crippen LogP contribution < -0.4 is 16.4 Å². The van der Waals surface area contributed by atoms with Crippen LogP contribution >= 0.6 is 0 Å². The molecule has 2 aromatic heterocycles. The monoisotopic (exact) mass is 352 g/mol. The van der Waals surface area contributed by atoms with Gasteiger partial charge in [0.05, 0.1) is 0 Å². The molecule has 2 heterocycles. The van der Waals surface area contributed by atoms with Gasteiger partial charge in [0.25, 0.3) is 0 Å². The standard InChI is InChI=1S/C17H16N6O3/c18-17(25)21-13-5-1-4-12(9-13)20-14(24)6-7-15-22-16(23-26-15)11-3-2-8-19-10-11/h1-5,8-10H,6-7H2,(H,20,24)(H3,18,21,25). The van der Waals surface area contributed by atoms with Crippen LogP contribution in [0.25, 0.3) is 11.4 Å². The molecule has 0 aliphatic carbocycles. The van der Waals surface area contributed by atoms with Crippen LogP contribution in [-0.4, -0.2) is 27.1 Å². The Morgan fingerprint density at radius 2 is 1.92 bits per heavy atom. The van der Waals surface area contributed by atoms with Gasteiger partial charge in [0.2, 0.25) is 17.6 Å². The molecule has 0 saturated heterocycles. The molecule has 0 spiro atoms. The Kier molecular flexibility index (Phi) is 5.18. The first kappa shape index (κ1) is 17.1. The van der Waals surface area contributed by atoms with E-state index in [-0.39, 0.29) is 12.3 Å². The Bertz CT molecular complexity index is 910. The number of nitrogens with zero attached hydrogens (tertiary/aromatic N) is 3. The number of anilines is 2. The van der Waals surface area contributed by atoms with Crippen molar-refractivity contribution in [2.24, 2.45) is 5.73 Å². The van der Waals surface area contributed by atoms with Gasteiger partial charge < -0.3 is 20.9 Å². The highest BCUT2D eigenvalue weighted by molar-refractivity contribution is 5.93. The fourth-order valence-electron chi connectivity index (χ4n) is 2.23. The minimum atomic E-state index is -0.672. The van der Waals surface area contributed by atoms with Crippen molar-refractivity contribution >= 4 is 23.3 Å². The van der Waals surface area contributed by atoms with Gasteiger partial charge in [-0.2, -0.15) is 4.98 Å². The molecule has 0 atom stereocenters. The average molecular weight is 352 g/mol. The maximum Gasteiger partial charge on any atom is 0.316 e. The van der Waals surface area contributed by atoms with E-state index in [0.29, 0.717) is 29.5 Å². The van der Waals surface area contributed by atoms with E-state index in [0.717, 1.165) is 5.56 Å². The van der Waals surface area contributed by atoms with Crippen LogP contribution in [0.15, 0.2) is 53.3 Å². The number of hydrogen-bond donors (Lipinski definition) is 3. The Hall–Kier alpha value is -3.75. The van der Waals surface area contributed by atoms with Gasteiger partial charge in [0.15, 0.2) is 0 Å². The van der Waals surface area contributed by atoms with Gasteiger partial charge in [0.1, 0.15) is 0 Å². The third-order valence-electron chi connectivity index (χ3n) is 3.37. The van der Waals surface area contributed by atoms with Crippen molar-refractivity contribution in [3.05, 3.63) is 54.7 Å². The number of amides is 3. The molecule has 1 aromatic carbocycles. The predicted molar refractivity (Wildman–Crippen MR) is 94.1 cm³/mol. The molecule has 0 bridgehead atoms. The first-order valence-corrected chi connectivity index (χ1v) is 7.79. The predicted octanol–water partition coefficient (Wildman–Crippen LogP) is 2.19. The summed E-state index contributed by atoms with van der Waals surface area (Å²) >= 11 is 0. The number of aryl methyl sites for hydroxylation is 1. The van der Waals surface area contributed by atoms with Crippen molar-refractivity contribution in [2.45, 2.75) is 12.8 Å². The van der Waals surface area contributed by atoms with Crippen LogP contribution in [0.1, 0.15) is 12.3 Å². The van der Waals surface area contributed by atoms with Crippen LogP contribution in [0, 0.1) is 0 Å². The van der Waals surface area contributed by atoms with Crippen molar-refractivity contribution in [3.63, 3.8) is 0 Å². The van der Waals surface area contributed by atoms with Crippen molar-refractivity contribution in [1.82, 2.24) is 15.1 Å². The second-order valence-corrected chi connectivity index (χ2v) is 5.37. The molecule has 0 fully saturated rings. The van der Waals surface area contributed by atoms with Crippen molar-refractivity contribution in [3.8, 4) is 11.4 Å². The van der Waals surface area contributed by atoms with Gasteiger partial charge in [-0.25, -0.2) is 4.79 Å². The maximum atomic E-state index is 12.1. The fraction of sp³-hybridized carbons (Fsp3) is 0.118. The molecule has 3 rings (SSSR count). The molecule has 9 nitrogen and oxygen atoms in total. The minimum absolute atomic E-state index is 0.169. The van der Waals surface area contributed by atoms with E-state index in [1.165, 1.54) is 0 Å². The lowest BCUT2D eigenvalue weighted by atomic mass is 10.2. The van der Waals surface area contributed by atoms with Crippen LogP contribution in [-0.2, 0) is 11.2 Å². The summed E-state index contributed by atoms with van der Waals surface area (Å²) in [5.41, 5.74) is 6.85. The molecule has 3 amide bonds. The van der Waals surface area contributed by atoms with Crippen LogP contribution in [0.5, 0.6) is 0 Å². The van der Waals surface area contributed by atoms with Gasteiger partial charge in [-0.15, -0.1) is 0 Å². The molecule has 0 saturated carbocycles. The number of hydrogen-bond acceptors (Lipinski definition) is 6. The molecule has 9 heteroatoms. The molecule has 0 aliphatic heterocycles. The zero-order valence-electron chi connectivity index (χ0n) is 13.7. The quantitative estimate of drug-likeness (QED) is 0.622. The van der Waals surface area contributed by atoms with Crippen molar-refractivity contribution < 1.29 is 14.1 Å². The van der Waals surface area contributed by atoms with E-state index in [9.17, 15) is 9.59 Å². The fourth-order valence-corrected chi connectivity index (χ4v) is 2.23. The molecule has 0 radical (unpaired) electrons. The average Bonchev–Trinajstić information content (AvgIpc) is 3.09. The van der Waals surface area contributed by atoms with Gasteiger partial charge in [-0.05, 0) is 30.3 Å². The number of carbonyl (C=O) groups excluding carboxylic acids is 2. The van der Waals surface area contributed by atoms with Gasteiger partial charge in [0, 0.05) is 42.2 Å². The molecule has 3 aromatic rings. The second-order valence-electron chi connectivity index (χ2n) is 5.37. The summed E-state index contributed by atoms with van der Waals surface area (Å²) in [6.07, 6.45) is 3.76. The van der Waals surface area contributed by atoms with E-state index in [1.54, 1.807) is 42.7 Å². The number of benzene rings is 1. The molecular weight excluding hydrogens is 336 g/mol. The summed E-state index contributed by atoms with van der Waals surface area (Å²) in [5.74, 6) is 0.573. The smallest absolute Gasteiger partial charge is 0.316 e. The number of primary amides is 1. The molecule has 0 aliphatic rings. The third kappa shape index (κ3) is 4.63. The summed E-state index contributed by atoms with van der Waals surface area (Å²) in [4.78, 5) is 31.2. The van der Waals surface area contributed by atoms with Crippen LogP contribution in [0.3, 0.4) is 0 Å². The van der Waals surface area contributed by atoms with Crippen molar-refractivity contribution in [2.75, 3.05) is 10.6 Å². The molecule has 4 N–H and O–H groups in total. The van der Waals surface area contributed by atoms with Crippen molar-refractivity contribution in [1.29, 1.82) is 0 Å². The lowest BCUT2D eigenvalue weighted by Crippen LogP contribution is -2.19. The molecular formula is C17H16N6O3. The number of carbonyl (C=O) groups is 2. The number of urea groups is 1. The summed E-state index contributed by atoms with van der Waals surface area (Å²) in [6.45, 7) is 0. The Labute approximate surface area is 148 Å². The maximum absolute atomic E-state index is 12.1.